The monoisotopic (exact) mass is 358 g/mol. The van der Waals surface area contributed by atoms with Crippen LogP contribution in [-0.2, 0) is 15.8 Å². The zero-order valence-corrected chi connectivity index (χ0v) is 13.8. The predicted molar refractivity (Wildman–Crippen MR) is 85.0 cm³/mol. The van der Waals surface area contributed by atoms with Gasteiger partial charge >= 0.3 is 6.18 Å². The summed E-state index contributed by atoms with van der Waals surface area (Å²) in [7, 11) is 0. The highest BCUT2D eigenvalue weighted by molar-refractivity contribution is 5.79. The van der Waals surface area contributed by atoms with Crippen LogP contribution in [0.2, 0.25) is 0 Å². The van der Waals surface area contributed by atoms with Crippen LogP contribution in [0.3, 0.4) is 0 Å². The topological polar surface area (TPSA) is 58.6 Å². The van der Waals surface area contributed by atoms with Crippen LogP contribution in [0.1, 0.15) is 31.2 Å². The average Bonchev–Trinajstić information content (AvgIpc) is 2.60. The fourth-order valence-electron chi connectivity index (χ4n) is 2.55. The lowest BCUT2D eigenvalue weighted by molar-refractivity contribution is -0.137. The Morgan fingerprint density at radius 3 is 2.32 bits per heavy atom. The molecule has 1 fully saturated rings. The van der Waals surface area contributed by atoms with Gasteiger partial charge in [0.05, 0.1) is 5.56 Å². The SMILES string of the molecule is O=C(COc1ccc(C(F)(F)F)cc1)NCCC(=O)N1CCCCC1. The minimum absolute atomic E-state index is 0.0173. The molecule has 0 spiro atoms. The van der Waals surface area contributed by atoms with E-state index in [2.05, 4.69) is 5.32 Å². The van der Waals surface area contributed by atoms with E-state index in [-0.39, 0.29) is 31.2 Å². The minimum Gasteiger partial charge on any atom is -0.484 e. The highest BCUT2D eigenvalue weighted by atomic mass is 19.4. The second-order valence-corrected chi connectivity index (χ2v) is 5.85. The van der Waals surface area contributed by atoms with Gasteiger partial charge in [0.2, 0.25) is 5.91 Å². The number of piperidine rings is 1. The molecule has 0 aromatic heterocycles. The van der Waals surface area contributed by atoms with Crippen LogP contribution in [0.4, 0.5) is 13.2 Å². The molecule has 0 atom stereocenters. The van der Waals surface area contributed by atoms with Gasteiger partial charge in [-0.15, -0.1) is 0 Å². The van der Waals surface area contributed by atoms with E-state index in [4.69, 9.17) is 4.74 Å². The van der Waals surface area contributed by atoms with E-state index >= 15 is 0 Å². The molecule has 0 bridgehead atoms. The Morgan fingerprint density at radius 1 is 1.08 bits per heavy atom. The van der Waals surface area contributed by atoms with E-state index < -0.39 is 17.6 Å². The molecular weight excluding hydrogens is 337 g/mol. The van der Waals surface area contributed by atoms with Crippen LogP contribution in [0.5, 0.6) is 5.75 Å². The Bertz CT molecular complexity index is 582. The maximum atomic E-state index is 12.4. The number of nitrogens with zero attached hydrogens (tertiary/aromatic N) is 1. The molecule has 138 valence electrons. The van der Waals surface area contributed by atoms with Crippen LogP contribution in [0.15, 0.2) is 24.3 Å². The van der Waals surface area contributed by atoms with Crippen LogP contribution < -0.4 is 10.1 Å². The van der Waals surface area contributed by atoms with Crippen molar-refractivity contribution in [2.75, 3.05) is 26.2 Å². The normalized spacial score (nSPS) is 14.9. The third-order valence-electron chi connectivity index (χ3n) is 3.92. The van der Waals surface area contributed by atoms with E-state index in [9.17, 15) is 22.8 Å². The van der Waals surface area contributed by atoms with Crippen molar-refractivity contribution in [2.45, 2.75) is 31.9 Å². The summed E-state index contributed by atoms with van der Waals surface area (Å²) in [6.45, 7) is 1.43. The van der Waals surface area contributed by atoms with Crippen molar-refractivity contribution in [3.05, 3.63) is 29.8 Å². The van der Waals surface area contributed by atoms with Crippen LogP contribution >= 0.6 is 0 Å². The first-order chi connectivity index (χ1) is 11.9. The fraction of sp³-hybridized carbons (Fsp3) is 0.529. The van der Waals surface area contributed by atoms with Crippen LogP contribution in [-0.4, -0.2) is 43.0 Å². The van der Waals surface area contributed by atoms with Gasteiger partial charge in [-0.05, 0) is 43.5 Å². The van der Waals surface area contributed by atoms with Gasteiger partial charge in [0.15, 0.2) is 6.61 Å². The van der Waals surface area contributed by atoms with Crippen molar-refractivity contribution >= 4 is 11.8 Å². The second-order valence-electron chi connectivity index (χ2n) is 5.85. The summed E-state index contributed by atoms with van der Waals surface area (Å²) in [5.74, 6) is -0.234. The standard InChI is InChI=1S/C17H21F3N2O3/c18-17(19,20)13-4-6-14(7-5-13)25-12-15(23)21-9-8-16(24)22-10-2-1-3-11-22/h4-7H,1-3,8-12H2,(H,21,23). The largest absolute Gasteiger partial charge is 0.484 e. The summed E-state index contributed by atoms with van der Waals surface area (Å²) in [6, 6.07) is 4.11. The zero-order valence-electron chi connectivity index (χ0n) is 13.8. The molecule has 2 amide bonds. The van der Waals surface area contributed by atoms with E-state index in [0.717, 1.165) is 56.6 Å². The van der Waals surface area contributed by atoms with E-state index in [1.165, 1.54) is 0 Å². The molecule has 0 unspecified atom stereocenters. The van der Waals surface area contributed by atoms with Crippen molar-refractivity contribution in [1.29, 1.82) is 0 Å². The number of carbonyl (C=O) groups excluding carboxylic acids is 2. The number of rotatable bonds is 6. The molecule has 1 heterocycles. The van der Waals surface area contributed by atoms with Gasteiger partial charge < -0.3 is 15.0 Å². The van der Waals surface area contributed by atoms with E-state index in [1.54, 1.807) is 4.90 Å². The highest BCUT2D eigenvalue weighted by Gasteiger charge is 2.30. The summed E-state index contributed by atoms with van der Waals surface area (Å²) >= 11 is 0. The minimum atomic E-state index is -4.41. The number of ether oxygens (including phenoxy) is 1. The number of nitrogens with one attached hydrogen (secondary N) is 1. The van der Waals surface area contributed by atoms with Gasteiger partial charge in [-0.2, -0.15) is 13.2 Å². The first kappa shape index (κ1) is 19.1. The summed E-state index contributed by atoms with van der Waals surface area (Å²) < 4.78 is 42.4. The number of halogens is 3. The second kappa shape index (κ2) is 8.73. The summed E-state index contributed by atoms with van der Waals surface area (Å²) in [5.41, 5.74) is -0.777. The first-order valence-electron chi connectivity index (χ1n) is 8.21. The molecule has 0 aliphatic carbocycles. The Morgan fingerprint density at radius 2 is 1.72 bits per heavy atom. The number of benzene rings is 1. The number of amides is 2. The Balaban J connectivity index is 1.66. The van der Waals surface area contributed by atoms with Crippen molar-refractivity contribution in [3.8, 4) is 5.75 Å². The molecular formula is C17H21F3N2O3. The summed E-state index contributed by atoms with van der Waals surface area (Å²) in [4.78, 5) is 25.4. The fourth-order valence-corrected chi connectivity index (χ4v) is 2.55. The van der Waals surface area contributed by atoms with Crippen molar-refractivity contribution in [1.82, 2.24) is 10.2 Å². The van der Waals surface area contributed by atoms with Gasteiger partial charge in [-0.25, -0.2) is 0 Å². The van der Waals surface area contributed by atoms with Gasteiger partial charge in [0.1, 0.15) is 5.75 Å². The van der Waals surface area contributed by atoms with E-state index in [1.807, 2.05) is 0 Å². The molecule has 5 nitrogen and oxygen atoms in total. The average molecular weight is 358 g/mol. The third kappa shape index (κ3) is 6.28. The van der Waals surface area contributed by atoms with Crippen LogP contribution in [0, 0.1) is 0 Å². The molecule has 1 aromatic rings. The van der Waals surface area contributed by atoms with Gasteiger partial charge in [-0.1, -0.05) is 0 Å². The molecule has 1 aliphatic rings. The summed E-state index contributed by atoms with van der Waals surface area (Å²) in [6.07, 6.45) is -1.01. The molecule has 2 rings (SSSR count). The molecule has 0 radical (unpaired) electrons. The number of carbonyl (C=O) groups is 2. The molecule has 1 N–H and O–H groups in total. The zero-order chi connectivity index (χ0) is 18.3. The Labute approximate surface area is 144 Å². The maximum Gasteiger partial charge on any atom is 0.416 e. The Hall–Kier alpha value is -2.25. The van der Waals surface area contributed by atoms with Gasteiger partial charge in [0, 0.05) is 26.1 Å². The number of hydrogen-bond donors (Lipinski definition) is 1. The molecule has 0 saturated carbocycles. The van der Waals surface area contributed by atoms with Crippen molar-refractivity contribution in [2.24, 2.45) is 0 Å². The summed E-state index contributed by atoms with van der Waals surface area (Å²) in [5, 5.41) is 2.57. The lowest BCUT2D eigenvalue weighted by Crippen LogP contribution is -2.38. The smallest absolute Gasteiger partial charge is 0.416 e. The highest BCUT2D eigenvalue weighted by Crippen LogP contribution is 2.30. The lowest BCUT2D eigenvalue weighted by atomic mass is 10.1. The molecule has 8 heteroatoms. The predicted octanol–water partition coefficient (Wildman–Crippen LogP) is 2.60. The third-order valence-corrected chi connectivity index (χ3v) is 3.92. The van der Waals surface area contributed by atoms with Gasteiger partial charge in [0.25, 0.3) is 5.91 Å². The van der Waals surface area contributed by atoms with Crippen molar-refractivity contribution < 1.29 is 27.5 Å². The lowest BCUT2D eigenvalue weighted by Gasteiger charge is -2.26. The molecule has 1 aliphatic heterocycles. The quantitative estimate of drug-likeness (QED) is 0.850. The number of alkyl halides is 3. The first-order valence-corrected chi connectivity index (χ1v) is 8.21. The molecule has 25 heavy (non-hydrogen) atoms. The molecule has 1 saturated heterocycles. The van der Waals surface area contributed by atoms with Crippen LogP contribution in [0.25, 0.3) is 0 Å². The van der Waals surface area contributed by atoms with E-state index in [0.29, 0.717) is 0 Å². The number of likely N-dealkylation sites (tertiary alicyclic amines) is 1. The van der Waals surface area contributed by atoms with Crippen molar-refractivity contribution in [3.63, 3.8) is 0 Å². The molecule has 1 aromatic carbocycles. The Kier molecular flexibility index (Phi) is 6.66. The number of hydrogen-bond acceptors (Lipinski definition) is 3. The van der Waals surface area contributed by atoms with Gasteiger partial charge in [-0.3, -0.25) is 9.59 Å². The maximum absolute atomic E-state index is 12.4.